The van der Waals surface area contributed by atoms with Crippen LogP contribution in [0.15, 0.2) is 24.3 Å². The van der Waals surface area contributed by atoms with E-state index in [0.29, 0.717) is 0 Å². The summed E-state index contributed by atoms with van der Waals surface area (Å²) in [5, 5.41) is 6.69. The molecule has 1 fully saturated rings. The van der Waals surface area contributed by atoms with Crippen molar-refractivity contribution in [3.8, 4) is 0 Å². The molecule has 152 valence electrons. The second kappa shape index (κ2) is 13.0. The fraction of sp³-hybridized carbons (Fsp3) is 0.667. The van der Waals surface area contributed by atoms with E-state index in [0.717, 1.165) is 70.2 Å². The van der Waals surface area contributed by atoms with Crippen molar-refractivity contribution in [1.29, 1.82) is 0 Å². The van der Waals surface area contributed by atoms with Gasteiger partial charge in [0, 0.05) is 50.8 Å². The summed E-state index contributed by atoms with van der Waals surface area (Å²) in [6, 6.07) is 8.10. The van der Waals surface area contributed by atoms with Gasteiger partial charge < -0.3 is 15.5 Å². The number of unbranched alkanes of at least 4 members (excludes halogenated alkanes) is 3. The third kappa shape index (κ3) is 9.45. The highest BCUT2D eigenvalue weighted by Gasteiger charge is 2.16. The Morgan fingerprint density at radius 2 is 1.56 bits per heavy atom. The zero-order chi connectivity index (χ0) is 19.3. The van der Waals surface area contributed by atoms with Crippen molar-refractivity contribution < 1.29 is 4.79 Å². The topological polar surface area (TPSA) is 47.6 Å². The zero-order valence-corrected chi connectivity index (χ0v) is 17.4. The molecule has 0 atom stereocenters. The smallest absolute Gasteiger partial charge is 0.314 e. The molecule has 0 radical (unpaired) electrons. The first-order valence-electron chi connectivity index (χ1n) is 10.4. The number of benzene rings is 1. The van der Waals surface area contributed by atoms with E-state index < -0.39 is 0 Å². The summed E-state index contributed by atoms with van der Waals surface area (Å²) in [4.78, 5) is 16.7. The monoisotopic (exact) mass is 394 g/mol. The Morgan fingerprint density at radius 1 is 0.926 bits per heavy atom. The number of rotatable bonds is 11. The number of nitrogens with one attached hydrogen (secondary N) is 2. The number of hydrogen-bond donors (Lipinski definition) is 2. The zero-order valence-electron chi connectivity index (χ0n) is 16.7. The largest absolute Gasteiger partial charge is 0.338 e. The maximum atomic E-state index is 11.7. The van der Waals surface area contributed by atoms with Gasteiger partial charge in [-0.05, 0) is 37.1 Å². The van der Waals surface area contributed by atoms with Crippen LogP contribution < -0.4 is 10.6 Å². The molecular weight excluding hydrogens is 360 g/mol. The van der Waals surface area contributed by atoms with Crippen molar-refractivity contribution in [3.05, 3.63) is 34.9 Å². The van der Waals surface area contributed by atoms with Crippen LogP contribution >= 0.6 is 11.6 Å². The van der Waals surface area contributed by atoms with Crippen molar-refractivity contribution >= 4 is 17.6 Å². The second-order valence-electron chi connectivity index (χ2n) is 7.34. The summed E-state index contributed by atoms with van der Waals surface area (Å²) in [5.74, 6) is 0. The molecule has 0 unspecified atom stereocenters. The van der Waals surface area contributed by atoms with E-state index in [9.17, 15) is 4.79 Å². The first-order chi connectivity index (χ1) is 13.2. The van der Waals surface area contributed by atoms with Crippen molar-refractivity contribution in [3.63, 3.8) is 0 Å². The van der Waals surface area contributed by atoms with Crippen LogP contribution in [0, 0.1) is 0 Å². The van der Waals surface area contributed by atoms with Crippen molar-refractivity contribution in [1.82, 2.24) is 20.4 Å². The minimum Gasteiger partial charge on any atom is -0.338 e. The molecule has 5 nitrogen and oxygen atoms in total. The summed E-state index contributed by atoms with van der Waals surface area (Å²) in [7, 11) is 0. The van der Waals surface area contributed by atoms with Gasteiger partial charge in [0.05, 0.1) is 0 Å². The van der Waals surface area contributed by atoms with Gasteiger partial charge in [0.25, 0.3) is 0 Å². The molecule has 0 saturated carbocycles. The third-order valence-corrected chi connectivity index (χ3v) is 5.29. The van der Waals surface area contributed by atoms with E-state index >= 15 is 0 Å². The highest BCUT2D eigenvalue weighted by molar-refractivity contribution is 6.30. The molecule has 0 aliphatic carbocycles. The molecule has 0 bridgehead atoms. The predicted octanol–water partition coefficient (Wildman–Crippen LogP) is 3.73. The number of piperazine rings is 1. The lowest BCUT2D eigenvalue weighted by Gasteiger charge is -2.34. The lowest BCUT2D eigenvalue weighted by atomic mass is 10.2. The first-order valence-corrected chi connectivity index (χ1v) is 10.8. The fourth-order valence-corrected chi connectivity index (χ4v) is 3.47. The third-order valence-electron chi connectivity index (χ3n) is 5.04. The minimum atomic E-state index is -0.0284. The number of carbonyl (C=O) groups is 1. The van der Waals surface area contributed by atoms with Gasteiger partial charge in [0.2, 0.25) is 0 Å². The fourth-order valence-electron chi connectivity index (χ4n) is 3.34. The van der Waals surface area contributed by atoms with Crippen LogP contribution in [0.25, 0.3) is 0 Å². The van der Waals surface area contributed by atoms with E-state index in [-0.39, 0.29) is 6.03 Å². The Balaban J connectivity index is 1.48. The average Bonchev–Trinajstić information content (AvgIpc) is 2.68. The van der Waals surface area contributed by atoms with Crippen molar-refractivity contribution in [2.45, 2.75) is 45.6 Å². The second-order valence-corrected chi connectivity index (χ2v) is 7.78. The molecule has 2 amide bonds. The van der Waals surface area contributed by atoms with Crippen LogP contribution in [-0.2, 0) is 6.54 Å². The molecule has 2 N–H and O–H groups in total. The number of halogens is 1. The lowest BCUT2D eigenvalue weighted by Crippen LogP contribution is -2.46. The molecule has 1 saturated heterocycles. The van der Waals surface area contributed by atoms with Gasteiger partial charge >= 0.3 is 6.03 Å². The highest BCUT2D eigenvalue weighted by Crippen LogP contribution is 2.13. The summed E-state index contributed by atoms with van der Waals surface area (Å²) >= 11 is 5.95. The van der Waals surface area contributed by atoms with Gasteiger partial charge in [0.15, 0.2) is 0 Å². The molecule has 1 aromatic carbocycles. The Bertz CT molecular complexity index is 529. The van der Waals surface area contributed by atoms with Crippen molar-refractivity contribution in [2.24, 2.45) is 0 Å². The van der Waals surface area contributed by atoms with Gasteiger partial charge in [0.1, 0.15) is 0 Å². The van der Waals surface area contributed by atoms with Crippen molar-refractivity contribution in [2.75, 3.05) is 45.8 Å². The van der Waals surface area contributed by atoms with Crippen LogP contribution in [0.3, 0.4) is 0 Å². The molecule has 27 heavy (non-hydrogen) atoms. The summed E-state index contributed by atoms with van der Waals surface area (Å²) in [5.41, 5.74) is 1.32. The van der Waals surface area contributed by atoms with Gasteiger partial charge in [-0.1, -0.05) is 49.9 Å². The molecule has 0 spiro atoms. The highest BCUT2D eigenvalue weighted by atomic mass is 35.5. The number of urea groups is 1. The van der Waals surface area contributed by atoms with E-state index in [4.69, 9.17) is 11.6 Å². The van der Waals surface area contributed by atoms with E-state index in [1.165, 1.54) is 24.8 Å². The van der Waals surface area contributed by atoms with Gasteiger partial charge in [-0.2, -0.15) is 0 Å². The number of nitrogens with zero attached hydrogens (tertiary/aromatic N) is 2. The first kappa shape index (κ1) is 22.0. The Hall–Kier alpha value is -1.30. The maximum Gasteiger partial charge on any atom is 0.314 e. The van der Waals surface area contributed by atoms with Gasteiger partial charge in [-0.15, -0.1) is 0 Å². The molecule has 1 aliphatic rings. The van der Waals surface area contributed by atoms with E-state index in [1.807, 2.05) is 12.1 Å². The summed E-state index contributed by atoms with van der Waals surface area (Å²) in [6.07, 6.45) is 5.74. The number of amides is 2. The minimum absolute atomic E-state index is 0.0284. The number of hydrogen-bond acceptors (Lipinski definition) is 3. The average molecular weight is 395 g/mol. The molecule has 2 rings (SSSR count). The van der Waals surface area contributed by atoms with E-state index in [2.05, 4.69) is 39.5 Å². The van der Waals surface area contributed by atoms with Crippen LogP contribution in [-0.4, -0.2) is 61.6 Å². The molecule has 1 aromatic rings. The molecule has 1 aliphatic heterocycles. The molecule has 1 heterocycles. The molecular formula is C21H35ClN4O. The van der Waals surface area contributed by atoms with Gasteiger partial charge in [-0.3, -0.25) is 4.90 Å². The standard InChI is InChI=1S/C21H35ClN4O/c1-2-3-4-5-11-23-21(27)24-12-6-13-25-14-16-26(17-15-25)18-19-7-9-20(22)10-8-19/h7-10H,2-6,11-18H2,1H3,(H2,23,24,27). The Labute approximate surface area is 169 Å². The summed E-state index contributed by atoms with van der Waals surface area (Å²) < 4.78 is 0. The predicted molar refractivity (Wildman–Crippen MR) is 113 cm³/mol. The summed E-state index contributed by atoms with van der Waals surface area (Å²) in [6.45, 7) is 10.1. The Morgan fingerprint density at radius 3 is 2.22 bits per heavy atom. The molecule has 0 aromatic heterocycles. The van der Waals surface area contributed by atoms with Crippen LogP contribution in [0.4, 0.5) is 4.79 Å². The van der Waals surface area contributed by atoms with Crippen LogP contribution in [0.1, 0.15) is 44.6 Å². The normalized spacial score (nSPS) is 15.6. The van der Waals surface area contributed by atoms with Gasteiger partial charge in [-0.25, -0.2) is 4.79 Å². The lowest BCUT2D eigenvalue weighted by molar-refractivity contribution is 0.126. The number of carbonyl (C=O) groups excluding carboxylic acids is 1. The molecule has 6 heteroatoms. The van der Waals surface area contributed by atoms with Crippen LogP contribution in [0.5, 0.6) is 0 Å². The van der Waals surface area contributed by atoms with Crippen LogP contribution in [0.2, 0.25) is 5.02 Å². The SMILES string of the molecule is CCCCCCNC(=O)NCCCN1CCN(Cc2ccc(Cl)cc2)CC1. The quantitative estimate of drug-likeness (QED) is 0.562. The maximum absolute atomic E-state index is 11.7. The van der Waals surface area contributed by atoms with E-state index in [1.54, 1.807) is 0 Å². The Kier molecular flexibility index (Phi) is 10.6.